The monoisotopic (exact) mass is 226 g/mol. The lowest BCUT2D eigenvalue weighted by molar-refractivity contribution is -0.190. The number of hydrogen-bond donors (Lipinski definition) is 3. The van der Waals surface area contributed by atoms with Gasteiger partial charge in [-0.1, -0.05) is 15.9 Å². The van der Waals surface area contributed by atoms with Gasteiger partial charge < -0.3 is 20.1 Å². The van der Waals surface area contributed by atoms with Gasteiger partial charge in [0.1, 0.15) is 23.3 Å². The van der Waals surface area contributed by atoms with Crippen LogP contribution in [0.15, 0.2) is 0 Å². The Morgan fingerprint density at radius 2 is 1.64 bits per heavy atom. The number of hydrogen-bond acceptors (Lipinski definition) is 4. The lowest BCUT2D eigenvalue weighted by atomic mass is 10.0. The van der Waals surface area contributed by atoms with Gasteiger partial charge in [0, 0.05) is 0 Å². The van der Waals surface area contributed by atoms with E-state index in [2.05, 4.69) is 15.9 Å². The zero-order valence-corrected chi connectivity index (χ0v) is 7.60. The predicted molar refractivity (Wildman–Crippen MR) is 41.3 cm³/mol. The summed E-state index contributed by atoms with van der Waals surface area (Å²) >= 11 is 3.02. The number of aliphatic hydroxyl groups excluding tert-OH is 3. The molecule has 66 valence electrons. The number of halogens is 1. The molecule has 0 aromatic rings. The first-order valence-corrected chi connectivity index (χ1v) is 4.29. The van der Waals surface area contributed by atoms with E-state index in [9.17, 15) is 10.2 Å². The topological polar surface area (TPSA) is 69.9 Å². The first-order valence-electron chi connectivity index (χ1n) is 3.37. The van der Waals surface area contributed by atoms with Gasteiger partial charge in [-0.3, -0.25) is 0 Å². The summed E-state index contributed by atoms with van der Waals surface area (Å²) in [5, 5.41) is 26.9. The number of aliphatic hydroxyl groups is 3. The second kappa shape index (κ2) is 3.37. The summed E-state index contributed by atoms with van der Waals surface area (Å²) in [6.07, 6.45) is -3.68. The fraction of sp³-hybridized carbons (Fsp3) is 1.00. The molecule has 5 atom stereocenters. The first kappa shape index (κ1) is 9.41. The van der Waals surface area contributed by atoms with Crippen LogP contribution in [0.1, 0.15) is 6.92 Å². The van der Waals surface area contributed by atoms with Crippen molar-refractivity contribution in [2.24, 2.45) is 0 Å². The first-order chi connectivity index (χ1) is 5.04. The molecule has 0 aromatic carbocycles. The van der Waals surface area contributed by atoms with Gasteiger partial charge in [0.25, 0.3) is 0 Å². The molecule has 0 spiro atoms. The molecule has 11 heavy (non-hydrogen) atoms. The minimum absolute atomic E-state index is 0.460. The highest BCUT2D eigenvalue weighted by atomic mass is 79.9. The summed E-state index contributed by atoms with van der Waals surface area (Å²) in [6, 6.07) is 0. The zero-order valence-electron chi connectivity index (χ0n) is 6.01. The standard InChI is InChI=1S/C6H11BrO4/c1-2-3(8)4(9)5(10)6(7)11-2/h2-6,8-10H,1H3/t2-,3-,4+,5+,6+/m1/s1. The highest BCUT2D eigenvalue weighted by Crippen LogP contribution is 2.23. The van der Waals surface area contributed by atoms with Gasteiger partial charge in [0.2, 0.25) is 0 Å². The van der Waals surface area contributed by atoms with Crippen molar-refractivity contribution >= 4 is 15.9 Å². The highest BCUT2D eigenvalue weighted by molar-refractivity contribution is 9.09. The molecule has 1 aliphatic heterocycles. The van der Waals surface area contributed by atoms with Crippen LogP contribution in [0, 0.1) is 0 Å². The van der Waals surface area contributed by atoms with Crippen LogP contribution in [0.4, 0.5) is 0 Å². The maximum Gasteiger partial charge on any atom is 0.141 e. The Labute approximate surface area is 72.9 Å². The van der Waals surface area contributed by atoms with E-state index in [4.69, 9.17) is 9.84 Å². The van der Waals surface area contributed by atoms with Crippen molar-refractivity contribution in [3.63, 3.8) is 0 Å². The van der Waals surface area contributed by atoms with Crippen molar-refractivity contribution in [1.82, 2.24) is 0 Å². The van der Waals surface area contributed by atoms with Crippen LogP contribution in [0.5, 0.6) is 0 Å². The summed E-state index contributed by atoms with van der Waals surface area (Å²) in [5.41, 5.74) is 0. The quantitative estimate of drug-likeness (QED) is 0.474. The molecule has 1 fully saturated rings. The molecule has 5 heteroatoms. The number of rotatable bonds is 0. The molecule has 1 rings (SSSR count). The van der Waals surface area contributed by atoms with Gasteiger partial charge >= 0.3 is 0 Å². The van der Waals surface area contributed by atoms with Crippen molar-refractivity contribution in [1.29, 1.82) is 0 Å². The van der Waals surface area contributed by atoms with Crippen LogP contribution in [0.2, 0.25) is 0 Å². The normalized spacial score (nSPS) is 52.6. The van der Waals surface area contributed by atoms with Gasteiger partial charge in [-0.05, 0) is 6.92 Å². The Kier molecular flexibility index (Phi) is 2.88. The third-order valence-corrected chi connectivity index (χ3v) is 2.55. The van der Waals surface area contributed by atoms with Gasteiger partial charge in [0.05, 0.1) is 6.10 Å². The molecule has 4 nitrogen and oxygen atoms in total. The van der Waals surface area contributed by atoms with Crippen molar-refractivity contribution < 1.29 is 20.1 Å². The maximum atomic E-state index is 9.18. The van der Waals surface area contributed by atoms with E-state index in [0.717, 1.165) is 0 Å². The SMILES string of the molecule is C[C@H]1O[C@H](Br)[C@@H](O)[C@@H](O)[C@@H]1O. The van der Waals surface area contributed by atoms with E-state index < -0.39 is 29.4 Å². The Hall–Kier alpha value is 0.320. The summed E-state index contributed by atoms with van der Waals surface area (Å²) in [6.45, 7) is 1.63. The molecular formula is C6H11BrO4. The van der Waals surface area contributed by atoms with Crippen molar-refractivity contribution in [3.05, 3.63) is 0 Å². The molecular weight excluding hydrogens is 216 g/mol. The molecule has 1 heterocycles. The molecule has 0 aromatic heterocycles. The molecule has 0 aliphatic carbocycles. The van der Waals surface area contributed by atoms with E-state index in [1.165, 1.54) is 0 Å². The Bertz CT molecular complexity index is 129. The molecule has 0 unspecified atom stereocenters. The van der Waals surface area contributed by atoms with Gasteiger partial charge in [-0.25, -0.2) is 0 Å². The Morgan fingerprint density at radius 3 is 2.18 bits per heavy atom. The van der Waals surface area contributed by atoms with Crippen molar-refractivity contribution in [3.8, 4) is 0 Å². The third kappa shape index (κ3) is 1.73. The number of ether oxygens (including phenoxy) is 1. The van der Waals surface area contributed by atoms with Crippen LogP contribution in [-0.2, 0) is 4.74 Å². The van der Waals surface area contributed by atoms with Gasteiger partial charge in [-0.15, -0.1) is 0 Å². The minimum atomic E-state index is -1.14. The molecule has 0 amide bonds. The fourth-order valence-electron chi connectivity index (χ4n) is 1.00. The van der Waals surface area contributed by atoms with Crippen LogP contribution in [0.3, 0.4) is 0 Å². The number of alkyl halides is 1. The average Bonchev–Trinajstić information content (AvgIpc) is 1.97. The zero-order chi connectivity index (χ0) is 8.59. The average molecular weight is 227 g/mol. The Balaban J connectivity index is 2.63. The van der Waals surface area contributed by atoms with Crippen LogP contribution < -0.4 is 0 Å². The Morgan fingerprint density at radius 1 is 1.09 bits per heavy atom. The summed E-state index contributed by atoms with van der Waals surface area (Å²) in [5.74, 6) is 0. The largest absolute Gasteiger partial charge is 0.388 e. The smallest absolute Gasteiger partial charge is 0.141 e. The molecule has 0 bridgehead atoms. The molecule has 3 N–H and O–H groups in total. The molecule has 1 aliphatic rings. The minimum Gasteiger partial charge on any atom is -0.388 e. The molecule has 0 radical (unpaired) electrons. The predicted octanol–water partition coefficient (Wildman–Crippen LogP) is -0.791. The van der Waals surface area contributed by atoms with Crippen molar-refractivity contribution in [2.75, 3.05) is 0 Å². The summed E-state index contributed by atoms with van der Waals surface area (Å²) in [4.78, 5) is 0. The fourth-order valence-corrected chi connectivity index (χ4v) is 1.65. The van der Waals surface area contributed by atoms with E-state index in [1.807, 2.05) is 0 Å². The van der Waals surface area contributed by atoms with Crippen LogP contribution in [0.25, 0.3) is 0 Å². The lowest BCUT2D eigenvalue weighted by Crippen LogP contribution is -2.54. The van der Waals surface area contributed by atoms with E-state index in [0.29, 0.717) is 0 Å². The molecule has 1 saturated heterocycles. The van der Waals surface area contributed by atoms with Crippen molar-refractivity contribution in [2.45, 2.75) is 36.4 Å². The lowest BCUT2D eigenvalue weighted by Gasteiger charge is -2.36. The second-order valence-electron chi connectivity index (χ2n) is 2.66. The van der Waals surface area contributed by atoms with E-state index in [1.54, 1.807) is 6.92 Å². The molecule has 0 saturated carbocycles. The highest BCUT2D eigenvalue weighted by Gasteiger charge is 2.40. The second-order valence-corrected chi connectivity index (χ2v) is 3.57. The third-order valence-electron chi connectivity index (χ3n) is 1.79. The van der Waals surface area contributed by atoms with Crippen LogP contribution in [-0.4, -0.2) is 44.7 Å². The summed E-state index contributed by atoms with van der Waals surface area (Å²) in [7, 11) is 0. The maximum absolute atomic E-state index is 9.18. The van der Waals surface area contributed by atoms with Crippen LogP contribution >= 0.6 is 15.9 Å². The summed E-state index contributed by atoms with van der Waals surface area (Å²) < 4.78 is 5.04. The van der Waals surface area contributed by atoms with Gasteiger partial charge in [0.15, 0.2) is 0 Å². The van der Waals surface area contributed by atoms with Gasteiger partial charge in [-0.2, -0.15) is 0 Å². The van der Waals surface area contributed by atoms with E-state index in [-0.39, 0.29) is 0 Å². The van der Waals surface area contributed by atoms with E-state index >= 15 is 0 Å².